The van der Waals surface area contributed by atoms with Gasteiger partial charge in [-0.3, -0.25) is 9.78 Å². The molecule has 1 fully saturated rings. The molecule has 1 aliphatic rings. The predicted molar refractivity (Wildman–Crippen MR) is 71.0 cm³/mol. The summed E-state index contributed by atoms with van der Waals surface area (Å²) < 4.78 is 0. The van der Waals surface area contributed by atoms with Gasteiger partial charge in [0.15, 0.2) is 0 Å². The molecule has 1 amide bonds. The van der Waals surface area contributed by atoms with Gasteiger partial charge in [0.2, 0.25) is 5.91 Å². The third kappa shape index (κ3) is 4.04. The number of pyridine rings is 1. The first kappa shape index (κ1) is 12.4. The summed E-state index contributed by atoms with van der Waals surface area (Å²) in [7, 11) is 0. The topological polar surface area (TPSA) is 42.0 Å². The van der Waals surface area contributed by atoms with E-state index < -0.39 is 0 Å². The molecule has 0 bridgehead atoms. The number of nitrogens with one attached hydrogen (secondary N) is 1. The van der Waals surface area contributed by atoms with Gasteiger partial charge in [-0.05, 0) is 42.7 Å². The molecule has 92 valence electrons. The predicted octanol–water partition coefficient (Wildman–Crippen LogP) is 2.03. The Bertz CT molecular complexity index is 356. The van der Waals surface area contributed by atoms with Crippen molar-refractivity contribution in [3.05, 3.63) is 30.1 Å². The normalized spacial score (nSPS) is 20.7. The Morgan fingerprint density at radius 2 is 2.18 bits per heavy atom. The van der Waals surface area contributed by atoms with E-state index in [0.29, 0.717) is 0 Å². The smallest absolute Gasteiger partial charge is 0.233 e. The summed E-state index contributed by atoms with van der Waals surface area (Å²) in [5, 5.41) is 3.13. The number of aryl methyl sites for hydroxylation is 1. The number of carbonyl (C=O) groups excluding carboxylic acids is 1. The van der Waals surface area contributed by atoms with Crippen molar-refractivity contribution < 1.29 is 4.79 Å². The van der Waals surface area contributed by atoms with E-state index in [9.17, 15) is 4.79 Å². The van der Waals surface area contributed by atoms with Gasteiger partial charge in [-0.15, -0.1) is 11.8 Å². The lowest BCUT2D eigenvalue weighted by atomic mass is 10.2. The monoisotopic (exact) mass is 250 g/mol. The molecule has 2 heterocycles. The molecule has 1 aromatic rings. The molecule has 1 unspecified atom stereocenters. The minimum absolute atomic E-state index is 0.152. The lowest BCUT2D eigenvalue weighted by molar-refractivity contribution is -0.120. The van der Waals surface area contributed by atoms with Crippen molar-refractivity contribution in [3.8, 4) is 0 Å². The highest BCUT2D eigenvalue weighted by molar-refractivity contribution is 8.00. The van der Waals surface area contributed by atoms with Gasteiger partial charge in [0, 0.05) is 18.9 Å². The first-order chi connectivity index (χ1) is 8.36. The van der Waals surface area contributed by atoms with E-state index in [4.69, 9.17) is 0 Å². The van der Waals surface area contributed by atoms with Crippen LogP contribution in [0.25, 0.3) is 0 Å². The maximum atomic E-state index is 11.7. The van der Waals surface area contributed by atoms with Gasteiger partial charge in [-0.1, -0.05) is 6.42 Å². The van der Waals surface area contributed by atoms with Crippen molar-refractivity contribution in [2.75, 3.05) is 12.3 Å². The van der Waals surface area contributed by atoms with Gasteiger partial charge in [0.1, 0.15) is 0 Å². The largest absolute Gasteiger partial charge is 0.355 e. The lowest BCUT2D eigenvalue weighted by Crippen LogP contribution is -2.30. The number of amides is 1. The van der Waals surface area contributed by atoms with Crippen molar-refractivity contribution in [1.29, 1.82) is 0 Å². The van der Waals surface area contributed by atoms with E-state index in [1.54, 1.807) is 11.8 Å². The van der Waals surface area contributed by atoms with Crippen LogP contribution in [-0.4, -0.2) is 28.4 Å². The number of aromatic nitrogens is 1. The zero-order valence-electron chi connectivity index (χ0n) is 9.89. The van der Waals surface area contributed by atoms with Gasteiger partial charge in [0.05, 0.1) is 5.25 Å². The fourth-order valence-electron chi connectivity index (χ4n) is 1.94. The number of hydrogen-bond donors (Lipinski definition) is 1. The summed E-state index contributed by atoms with van der Waals surface area (Å²) >= 11 is 1.78. The molecule has 0 aliphatic carbocycles. The molecule has 0 radical (unpaired) electrons. The first-order valence-electron chi connectivity index (χ1n) is 6.14. The SMILES string of the molecule is O=C1NCCCCC1SCCc1ccncc1. The van der Waals surface area contributed by atoms with Crippen LogP contribution < -0.4 is 5.32 Å². The van der Waals surface area contributed by atoms with E-state index in [1.165, 1.54) is 5.56 Å². The van der Waals surface area contributed by atoms with E-state index in [1.807, 2.05) is 24.5 Å². The molecule has 1 aromatic heterocycles. The van der Waals surface area contributed by atoms with Gasteiger partial charge in [-0.25, -0.2) is 0 Å². The lowest BCUT2D eigenvalue weighted by Gasteiger charge is -2.12. The third-order valence-electron chi connectivity index (χ3n) is 2.94. The fraction of sp³-hybridized carbons (Fsp3) is 0.538. The van der Waals surface area contributed by atoms with Crippen LogP contribution in [0.15, 0.2) is 24.5 Å². The number of rotatable bonds is 4. The van der Waals surface area contributed by atoms with Crippen LogP contribution in [0.1, 0.15) is 24.8 Å². The second-order valence-electron chi connectivity index (χ2n) is 4.25. The Kier molecular flexibility index (Phi) is 4.86. The van der Waals surface area contributed by atoms with E-state index in [2.05, 4.69) is 10.3 Å². The minimum atomic E-state index is 0.152. The molecule has 1 aliphatic heterocycles. The number of carbonyl (C=O) groups is 1. The Hall–Kier alpha value is -1.03. The standard InChI is InChI=1S/C13H18N2OS/c16-13-12(3-1-2-7-15-13)17-10-6-11-4-8-14-9-5-11/h4-5,8-9,12H,1-3,6-7,10H2,(H,15,16). The van der Waals surface area contributed by atoms with Crippen molar-refractivity contribution in [3.63, 3.8) is 0 Å². The quantitative estimate of drug-likeness (QED) is 0.889. The average Bonchev–Trinajstić information content (AvgIpc) is 2.56. The summed E-state index contributed by atoms with van der Waals surface area (Å²) in [6.45, 7) is 0.847. The summed E-state index contributed by atoms with van der Waals surface area (Å²) in [5.41, 5.74) is 1.29. The molecular formula is C13H18N2OS. The van der Waals surface area contributed by atoms with Crippen LogP contribution in [0.3, 0.4) is 0 Å². The molecule has 1 atom stereocenters. The Morgan fingerprint density at radius 3 is 3.00 bits per heavy atom. The number of hydrogen-bond acceptors (Lipinski definition) is 3. The molecule has 1 N–H and O–H groups in total. The fourth-order valence-corrected chi connectivity index (χ4v) is 3.14. The van der Waals surface area contributed by atoms with Crippen molar-refractivity contribution in [2.24, 2.45) is 0 Å². The molecule has 0 spiro atoms. The molecule has 0 aromatic carbocycles. The van der Waals surface area contributed by atoms with Crippen LogP contribution >= 0.6 is 11.8 Å². The average molecular weight is 250 g/mol. The van der Waals surface area contributed by atoms with Gasteiger partial charge < -0.3 is 5.32 Å². The molecular weight excluding hydrogens is 232 g/mol. The van der Waals surface area contributed by atoms with Crippen LogP contribution in [0.5, 0.6) is 0 Å². The van der Waals surface area contributed by atoms with E-state index in [0.717, 1.165) is 38.0 Å². The summed E-state index contributed by atoms with van der Waals surface area (Å²) in [6, 6.07) is 4.07. The highest BCUT2D eigenvalue weighted by Gasteiger charge is 2.20. The van der Waals surface area contributed by atoms with E-state index in [-0.39, 0.29) is 11.2 Å². The Morgan fingerprint density at radius 1 is 1.35 bits per heavy atom. The second-order valence-corrected chi connectivity index (χ2v) is 5.56. The molecule has 17 heavy (non-hydrogen) atoms. The molecule has 1 saturated heterocycles. The maximum absolute atomic E-state index is 11.7. The molecule has 3 nitrogen and oxygen atoms in total. The highest BCUT2D eigenvalue weighted by atomic mass is 32.2. The van der Waals surface area contributed by atoms with Gasteiger partial charge in [-0.2, -0.15) is 0 Å². The van der Waals surface area contributed by atoms with Crippen molar-refractivity contribution in [1.82, 2.24) is 10.3 Å². The number of thioether (sulfide) groups is 1. The summed E-state index contributed by atoms with van der Waals surface area (Å²) in [4.78, 5) is 15.7. The zero-order chi connectivity index (χ0) is 11.9. The zero-order valence-corrected chi connectivity index (χ0v) is 10.7. The summed E-state index contributed by atoms with van der Waals surface area (Å²) in [5.74, 6) is 1.23. The van der Waals surface area contributed by atoms with E-state index >= 15 is 0 Å². The second kappa shape index (κ2) is 6.64. The molecule has 4 heteroatoms. The van der Waals surface area contributed by atoms with Crippen molar-refractivity contribution in [2.45, 2.75) is 30.9 Å². The maximum Gasteiger partial charge on any atom is 0.233 e. The van der Waals surface area contributed by atoms with Crippen LogP contribution in [0, 0.1) is 0 Å². The Labute approximate surface area is 106 Å². The van der Waals surface area contributed by atoms with Crippen molar-refractivity contribution >= 4 is 17.7 Å². The Balaban J connectivity index is 1.75. The minimum Gasteiger partial charge on any atom is -0.355 e. The molecule has 0 saturated carbocycles. The first-order valence-corrected chi connectivity index (χ1v) is 7.19. The van der Waals surface area contributed by atoms with Gasteiger partial charge >= 0.3 is 0 Å². The van der Waals surface area contributed by atoms with Crippen LogP contribution in [0.4, 0.5) is 0 Å². The third-order valence-corrected chi connectivity index (χ3v) is 4.24. The highest BCUT2D eigenvalue weighted by Crippen LogP contribution is 2.20. The summed E-state index contributed by atoms with van der Waals surface area (Å²) in [6.07, 6.45) is 7.94. The number of nitrogens with zero attached hydrogens (tertiary/aromatic N) is 1. The van der Waals surface area contributed by atoms with Crippen LogP contribution in [-0.2, 0) is 11.2 Å². The molecule has 2 rings (SSSR count). The van der Waals surface area contributed by atoms with Crippen LogP contribution in [0.2, 0.25) is 0 Å². The van der Waals surface area contributed by atoms with Gasteiger partial charge in [0.25, 0.3) is 0 Å².